The second-order valence-corrected chi connectivity index (χ2v) is 7.69. The van der Waals surface area contributed by atoms with Crippen LogP contribution in [0, 0.1) is 0 Å². The summed E-state index contributed by atoms with van der Waals surface area (Å²) in [6.45, 7) is 0. The maximum Gasteiger partial charge on any atom is 0.146 e. The zero-order valence-corrected chi connectivity index (χ0v) is 17.2. The number of imidazole rings is 1. The lowest BCUT2D eigenvalue weighted by molar-refractivity contribution is 0.480. The van der Waals surface area contributed by atoms with Crippen molar-refractivity contribution in [3.05, 3.63) is 109 Å². The van der Waals surface area contributed by atoms with E-state index in [9.17, 15) is 5.11 Å². The summed E-state index contributed by atoms with van der Waals surface area (Å²) < 4.78 is 2.19. The molecule has 0 aliphatic carbocycles. The van der Waals surface area contributed by atoms with Crippen LogP contribution in [0.15, 0.2) is 109 Å². The molecule has 0 saturated heterocycles. The molecule has 4 nitrogen and oxygen atoms in total. The van der Waals surface area contributed by atoms with Crippen molar-refractivity contribution in [1.82, 2.24) is 14.5 Å². The fraction of sp³-hybridized carbons (Fsp3) is 0. The average molecular weight is 413 g/mol. The van der Waals surface area contributed by atoms with Crippen LogP contribution in [-0.4, -0.2) is 19.6 Å². The summed E-state index contributed by atoms with van der Waals surface area (Å²) in [6.07, 6.45) is 0. The molecule has 4 aromatic carbocycles. The van der Waals surface area contributed by atoms with Crippen LogP contribution in [0.1, 0.15) is 0 Å². The number of aromatic nitrogens is 3. The third kappa shape index (κ3) is 2.93. The van der Waals surface area contributed by atoms with E-state index in [0.717, 1.165) is 44.8 Å². The smallest absolute Gasteiger partial charge is 0.146 e. The van der Waals surface area contributed by atoms with Crippen molar-refractivity contribution in [2.45, 2.75) is 0 Å². The number of benzene rings is 4. The Kier molecular flexibility index (Phi) is 4.22. The number of hydrogen-bond donors (Lipinski definition) is 1. The molecule has 2 aromatic heterocycles. The van der Waals surface area contributed by atoms with Gasteiger partial charge in [0.2, 0.25) is 0 Å². The molecular weight excluding hydrogens is 394 g/mol. The molecule has 6 rings (SSSR count). The van der Waals surface area contributed by atoms with E-state index in [0.29, 0.717) is 5.52 Å². The van der Waals surface area contributed by atoms with Gasteiger partial charge in [-0.25, -0.2) is 9.97 Å². The van der Waals surface area contributed by atoms with Gasteiger partial charge < -0.3 is 5.11 Å². The summed E-state index contributed by atoms with van der Waals surface area (Å²) in [4.78, 5) is 9.81. The summed E-state index contributed by atoms with van der Waals surface area (Å²) in [5.41, 5.74) is 6.37. The lowest BCUT2D eigenvalue weighted by atomic mass is 10.0. The molecule has 0 spiro atoms. The minimum atomic E-state index is 0.179. The summed E-state index contributed by atoms with van der Waals surface area (Å²) >= 11 is 0. The molecule has 0 atom stereocenters. The predicted octanol–water partition coefficient (Wildman–Crippen LogP) is 6.61. The SMILES string of the molecule is Oc1cccc2ccc(-c3ccccc3-c3nc4ccccc4n3-c3ccccc3)nc12. The molecule has 4 heteroatoms. The van der Waals surface area contributed by atoms with Crippen molar-refractivity contribution in [2.75, 3.05) is 0 Å². The topological polar surface area (TPSA) is 50.9 Å². The first-order chi connectivity index (χ1) is 15.8. The number of nitrogens with zero attached hydrogens (tertiary/aromatic N) is 3. The molecule has 0 aliphatic heterocycles. The van der Waals surface area contributed by atoms with Crippen molar-refractivity contribution >= 4 is 21.9 Å². The van der Waals surface area contributed by atoms with E-state index in [1.807, 2.05) is 72.8 Å². The van der Waals surface area contributed by atoms with E-state index in [2.05, 4.69) is 34.9 Å². The Balaban J connectivity index is 1.63. The molecule has 0 radical (unpaired) electrons. The van der Waals surface area contributed by atoms with Gasteiger partial charge in [-0.2, -0.15) is 0 Å². The lowest BCUT2D eigenvalue weighted by Crippen LogP contribution is -1.99. The van der Waals surface area contributed by atoms with Crippen molar-refractivity contribution < 1.29 is 5.11 Å². The van der Waals surface area contributed by atoms with Crippen LogP contribution in [0.3, 0.4) is 0 Å². The number of phenols is 1. The minimum Gasteiger partial charge on any atom is -0.506 e. The summed E-state index contributed by atoms with van der Waals surface area (Å²) in [7, 11) is 0. The van der Waals surface area contributed by atoms with Gasteiger partial charge in [-0.1, -0.05) is 72.8 Å². The summed E-state index contributed by atoms with van der Waals surface area (Å²) in [6, 6.07) is 36.0. The summed E-state index contributed by atoms with van der Waals surface area (Å²) in [5, 5.41) is 11.2. The zero-order valence-electron chi connectivity index (χ0n) is 17.2. The monoisotopic (exact) mass is 413 g/mol. The quantitative estimate of drug-likeness (QED) is 0.355. The van der Waals surface area contributed by atoms with E-state index >= 15 is 0 Å². The zero-order chi connectivity index (χ0) is 21.5. The number of fused-ring (bicyclic) bond motifs is 2. The molecule has 0 fully saturated rings. The number of pyridine rings is 1. The van der Waals surface area contributed by atoms with E-state index in [1.165, 1.54) is 0 Å². The molecule has 32 heavy (non-hydrogen) atoms. The first-order valence-electron chi connectivity index (χ1n) is 10.5. The first kappa shape index (κ1) is 18.3. The van der Waals surface area contributed by atoms with Crippen LogP contribution in [0.5, 0.6) is 5.75 Å². The summed E-state index contributed by atoms with van der Waals surface area (Å²) in [5.74, 6) is 1.03. The number of para-hydroxylation sites is 4. The van der Waals surface area contributed by atoms with Crippen LogP contribution in [0.25, 0.3) is 50.3 Å². The first-order valence-corrected chi connectivity index (χ1v) is 10.5. The van der Waals surface area contributed by atoms with Crippen LogP contribution in [-0.2, 0) is 0 Å². The van der Waals surface area contributed by atoms with Gasteiger partial charge in [0.25, 0.3) is 0 Å². The molecule has 0 unspecified atom stereocenters. The van der Waals surface area contributed by atoms with Gasteiger partial charge in [0, 0.05) is 22.2 Å². The van der Waals surface area contributed by atoms with E-state index in [-0.39, 0.29) is 5.75 Å². The van der Waals surface area contributed by atoms with Crippen molar-refractivity contribution in [2.24, 2.45) is 0 Å². The maximum atomic E-state index is 10.3. The number of aromatic hydroxyl groups is 1. The molecule has 6 aromatic rings. The van der Waals surface area contributed by atoms with Crippen LogP contribution < -0.4 is 0 Å². The number of phenolic OH excluding ortho intramolecular Hbond substituents is 1. The molecule has 2 heterocycles. The third-order valence-electron chi connectivity index (χ3n) is 5.72. The number of hydrogen-bond acceptors (Lipinski definition) is 3. The average Bonchev–Trinajstić information content (AvgIpc) is 3.24. The highest BCUT2D eigenvalue weighted by Gasteiger charge is 2.18. The van der Waals surface area contributed by atoms with Gasteiger partial charge in [0.1, 0.15) is 17.1 Å². The molecule has 0 amide bonds. The number of rotatable bonds is 3. The van der Waals surface area contributed by atoms with E-state index in [1.54, 1.807) is 6.07 Å². The van der Waals surface area contributed by atoms with Gasteiger partial charge in [-0.3, -0.25) is 4.57 Å². The Hall–Kier alpha value is -4.44. The maximum absolute atomic E-state index is 10.3. The van der Waals surface area contributed by atoms with Crippen molar-refractivity contribution in [3.63, 3.8) is 0 Å². The van der Waals surface area contributed by atoms with Crippen LogP contribution >= 0.6 is 0 Å². The normalized spacial score (nSPS) is 11.2. The highest BCUT2D eigenvalue weighted by molar-refractivity contribution is 5.91. The van der Waals surface area contributed by atoms with Crippen LogP contribution in [0.4, 0.5) is 0 Å². The van der Waals surface area contributed by atoms with Crippen LogP contribution in [0.2, 0.25) is 0 Å². The third-order valence-corrected chi connectivity index (χ3v) is 5.72. The van der Waals surface area contributed by atoms with E-state index in [4.69, 9.17) is 9.97 Å². The molecule has 0 bridgehead atoms. The molecular formula is C28H19N3O. The van der Waals surface area contributed by atoms with Gasteiger partial charge in [0.15, 0.2) is 0 Å². The Bertz CT molecular complexity index is 1590. The Morgan fingerprint density at radius 2 is 1.34 bits per heavy atom. The highest BCUT2D eigenvalue weighted by Crippen LogP contribution is 2.36. The van der Waals surface area contributed by atoms with Gasteiger partial charge in [0.05, 0.1) is 16.7 Å². The fourth-order valence-corrected chi connectivity index (χ4v) is 4.23. The molecule has 152 valence electrons. The van der Waals surface area contributed by atoms with Crippen molar-refractivity contribution in [1.29, 1.82) is 0 Å². The molecule has 1 N–H and O–H groups in total. The highest BCUT2D eigenvalue weighted by atomic mass is 16.3. The standard InChI is InChI=1S/C28H19N3O/c32-26-16-8-9-19-17-18-23(29-27(19)26)21-12-4-5-13-22(21)28-30-24-14-6-7-15-25(24)31(28)20-10-2-1-3-11-20/h1-18,32H. The van der Waals surface area contributed by atoms with Gasteiger partial charge >= 0.3 is 0 Å². The molecule has 0 aliphatic rings. The van der Waals surface area contributed by atoms with Gasteiger partial charge in [-0.05, 0) is 36.4 Å². The van der Waals surface area contributed by atoms with E-state index < -0.39 is 0 Å². The second-order valence-electron chi connectivity index (χ2n) is 7.69. The van der Waals surface area contributed by atoms with Crippen molar-refractivity contribution in [3.8, 4) is 34.1 Å². The largest absolute Gasteiger partial charge is 0.506 e. The second kappa shape index (κ2) is 7.36. The Morgan fingerprint density at radius 1 is 0.594 bits per heavy atom. The Labute approximate surface area is 185 Å². The fourth-order valence-electron chi connectivity index (χ4n) is 4.23. The van der Waals surface area contributed by atoms with Gasteiger partial charge in [-0.15, -0.1) is 0 Å². The molecule has 0 saturated carbocycles. The Morgan fingerprint density at radius 3 is 2.22 bits per heavy atom. The minimum absolute atomic E-state index is 0.179. The predicted molar refractivity (Wildman–Crippen MR) is 129 cm³/mol. The lowest BCUT2D eigenvalue weighted by Gasteiger charge is -2.13.